The maximum absolute atomic E-state index is 12.3. The molecule has 0 bridgehead atoms. The van der Waals surface area contributed by atoms with Crippen LogP contribution in [0.1, 0.15) is 65.2 Å². The topological polar surface area (TPSA) is 52.7 Å². The second-order valence-corrected chi connectivity index (χ2v) is 6.66. The third-order valence-electron chi connectivity index (χ3n) is 4.96. The van der Waals surface area contributed by atoms with Crippen LogP contribution in [0.2, 0.25) is 0 Å². The van der Waals surface area contributed by atoms with Crippen molar-refractivity contribution >= 4 is 11.9 Å². The summed E-state index contributed by atoms with van der Waals surface area (Å²) in [5.41, 5.74) is 0. The number of hydrogen-bond acceptors (Lipinski definition) is 2. The molecule has 0 radical (unpaired) electrons. The molecule has 2 aliphatic heterocycles. The first-order chi connectivity index (χ1) is 10.6. The van der Waals surface area contributed by atoms with Crippen molar-refractivity contribution in [2.45, 2.75) is 77.3 Å². The van der Waals surface area contributed by atoms with Crippen LogP contribution in [-0.2, 0) is 4.79 Å². The molecule has 3 amide bonds. The Morgan fingerprint density at radius 2 is 1.95 bits per heavy atom. The Balaban J connectivity index is 1.69. The van der Waals surface area contributed by atoms with Crippen molar-refractivity contribution in [1.82, 2.24) is 15.1 Å². The number of carbonyl (C=O) groups is 2. The van der Waals surface area contributed by atoms with Gasteiger partial charge < -0.3 is 15.1 Å². The van der Waals surface area contributed by atoms with Crippen LogP contribution in [-0.4, -0.2) is 53.5 Å². The third kappa shape index (κ3) is 4.14. The van der Waals surface area contributed by atoms with Crippen LogP contribution in [0.25, 0.3) is 0 Å². The highest BCUT2D eigenvalue weighted by molar-refractivity contribution is 5.88. The lowest BCUT2D eigenvalue weighted by Gasteiger charge is -2.41. The summed E-state index contributed by atoms with van der Waals surface area (Å²) in [6.07, 6.45) is 9.40. The fourth-order valence-corrected chi connectivity index (χ4v) is 3.54. The summed E-state index contributed by atoms with van der Waals surface area (Å²) in [7, 11) is 0. The number of piperazine rings is 1. The molecule has 0 saturated carbocycles. The van der Waals surface area contributed by atoms with Crippen molar-refractivity contribution < 1.29 is 9.59 Å². The largest absolute Gasteiger partial charge is 0.338 e. The first-order valence-electron chi connectivity index (χ1n) is 9.00. The van der Waals surface area contributed by atoms with Gasteiger partial charge in [-0.2, -0.15) is 0 Å². The maximum Gasteiger partial charge on any atom is 0.318 e. The summed E-state index contributed by atoms with van der Waals surface area (Å²) in [6, 6.07) is -0.150. The molecule has 1 N–H and O–H groups in total. The van der Waals surface area contributed by atoms with Gasteiger partial charge in [0.25, 0.3) is 0 Å². The Morgan fingerprint density at radius 1 is 1.23 bits per heavy atom. The van der Waals surface area contributed by atoms with Crippen molar-refractivity contribution in [3.63, 3.8) is 0 Å². The van der Waals surface area contributed by atoms with Crippen molar-refractivity contribution in [2.24, 2.45) is 0 Å². The van der Waals surface area contributed by atoms with Crippen LogP contribution in [0.3, 0.4) is 0 Å². The van der Waals surface area contributed by atoms with E-state index in [-0.39, 0.29) is 24.0 Å². The molecule has 2 atom stereocenters. The molecule has 2 aliphatic rings. The van der Waals surface area contributed by atoms with E-state index in [1.165, 1.54) is 32.1 Å². The number of fused-ring (bicyclic) bond motifs is 1. The highest BCUT2D eigenvalue weighted by Gasteiger charge is 2.41. The van der Waals surface area contributed by atoms with Crippen LogP contribution in [0.15, 0.2) is 0 Å². The molecule has 2 rings (SSSR count). The predicted octanol–water partition coefficient (Wildman–Crippen LogP) is 2.75. The Bertz CT molecular complexity index is 386. The molecule has 5 heteroatoms. The van der Waals surface area contributed by atoms with Gasteiger partial charge in [0.1, 0.15) is 6.04 Å². The average molecular weight is 309 g/mol. The first-order valence-corrected chi connectivity index (χ1v) is 9.00. The highest BCUT2D eigenvalue weighted by Crippen LogP contribution is 2.25. The number of urea groups is 1. The second kappa shape index (κ2) is 8.39. The van der Waals surface area contributed by atoms with E-state index in [4.69, 9.17) is 0 Å². The van der Waals surface area contributed by atoms with E-state index in [2.05, 4.69) is 12.2 Å². The lowest BCUT2D eigenvalue weighted by Crippen LogP contribution is -2.61. The summed E-state index contributed by atoms with van der Waals surface area (Å²) in [6.45, 7) is 6.33. The van der Waals surface area contributed by atoms with Gasteiger partial charge in [-0.1, -0.05) is 39.0 Å². The van der Waals surface area contributed by atoms with E-state index in [0.29, 0.717) is 6.54 Å². The fourth-order valence-electron chi connectivity index (χ4n) is 3.54. The molecule has 5 nitrogen and oxygen atoms in total. The van der Waals surface area contributed by atoms with Gasteiger partial charge in [0.15, 0.2) is 0 Å². The predicted molar refractivity (Wildman–Crippen MR) is 87.7 cm³/mol. The monoisotopic (exact) mass is 309 g/mol. The quantitative estimate of drug-likeness (QED) is 0.735. The van der Waals surface area contributed by atoms with Crippen LogP contribution in [0.4, 0.5) is 4.79 Å². The molecule has 22 heavy (non-hydrogen) atoms. The Hall–Kier alpha value is -1.26. The Labute approximate surface area is 134 Å². The molecule has 0 aromatic heterocycles. The number of amides is 3. The minimum atomic E-state index is -0.320. The van der Waals surface area contributed by atoms with Crippen molar-refractivity contribution in [2.75, 3.05) is 19.6 Å². The van der Waals surface area contributed by atoms with Crippen molar-refractivity contribution in [3.8, 4) is 0 Å². The molecule has 0 spiro atoms. The average Bonchev–Trinajstić information content (AvgIpc) is 2.98. The fraction of sp³-hybridized carbons (Fsp3) is 0.882. The van der Waals surface area contributed by atoms with Gasteiger partial charge in [-0.3, -0.25) is 4.79 Å². The van der Waals surface area contributed by atoms with E-state index < -0.39 is 0 Å². The smallest absolute Gasteiger partial charge is 0.318 e. The molecule has 0 unspecified atom stereocenters. The van der Waals surface area contributed by atoms with E-state index in [0.717, 1.165) is 32.4 Å². The first kappa shape index (κ1) is 17.1. The molecule has 0 aliphatic carbocycles. The molecule has 0 aromatic carbocycles. The number of carbonyl (C=O) groups excluding carboxylic acids is 2. The van der Waals surface area contributed by atoms with Gasteiger partial charge in [0, 0.05) is 25.7 Å². The van der Waals surface area contributed by atoms with Gasteiger partial charge in [-0.15, -0.1) is 0 Å². The van der Waals surface area contributed by atoms with Crippen molar-refractivity contribution in [1.29, 1.82) is 0 Å². The van der Waals surface area contributed by atoms with E-state index in [1.54, 1.807) is 4.90 Å². The SMILES string of the molecule is CCCCCCCCNC(=O)N1C[C@@H]2CCCN2C(=O)[C@H]1C. The van der Waals surface area contributed by atoms with Gasteiger partial charge >= 0.3 is 6.03 Å². The molecule has 2 saturated heterocycles. The number of hydrogen-bond donors (Lipinski definition) is 1. The molecular formula is C17H31N3O2. The summed E-state index contributed by atoms with van der Waals surface area (Å²) < 4.78 is 0. The lowest BCUT2D eigenvalue weighted by atomic mass is 10.1. The summed E-state index contributed by atoms with van der Waals surface area (Å²) >= 11 is 0. The lowest BCUT2D eigenvalue weighted by molar-refractivity contribution is -0.140. The summed E-state index contributed by atoms with van der Waals surface area (Å²) in [5.74, 6) is 0.114. The normalized spacial score (nSPS) is 24.5. The van der Waals surface area contributed by atoms with Gasteiger partial charge in [0.05, 0.1) is 0 Å². The Morgan fingerprint density at radius 3 is 2.73 bits per heavy atom. The molecule has 0 aromatic rings. The van der Waals surface area contributed by atoms with E-state index in [9.17, 15) is 9.59 Å². The molecule has 2 fully saturated rings. The molecule has 126 valence electrons. The summed E-state index contributed by atoms with van der Waals surface area (Å²) in [5, 5.41) is 2.99. The van der Waals surface area contributed by atoms with E-state index in [1.807, 2.05) is 11.8 Å². The highest BCUT2D eigenvalue weighted by atomic mass is 16.2. The molecule has 2 heterocycles. The third-order valence-corrected chi connectivity index (χ3v) is 4.96. The van der Waals surface area contributed by atoms with Gasteiger partial charge in [0.2, 0.25) is 5.91 Å². The zero-order chi connectivity index (χ0) is 15.9. The maximum atomic E-state index is 12.3. The number of rotatable bonds is 7. The van der Waals surface area contributed by atoms with Crippen molar-refractivity contribution in [3.05, 3.63) is 0 Å². The number of nitrogens with one attached hydrogen (secondary N) is 1. The minimum Gasteiger partial charge on any atom is -0.338 e. The summed E-state index contributed by atoms with van der Waals surface area (Å²) in [4.78, 5) is 28.3. The zero-order valence-corrected chi connectivity index (χ0v) is 14.1. The zero-order valence-electron chi connectivity index (χ0n) is 14.1. The number of nitrogens with zero attached hydrogens (tertiary/aromatic N) is 2. The minimum absolute atomic E-state index is 0.0686. The van der Waals surface area contributed by atoms with Crippen LogP contribution in [0.5, 0.6) is 0 Å². The number of unbranched alkanes of at least 4 members (excludes halogenated alkanes) is 5. The standard InChI is InChI=1S/C17H31N3O2/c1-3-4-5-6-7-8-11-18-17(22)20-13-15-10-9-12-19(15)16(21)14(20)2/h14-15H,3-13H2,1-2H3,(H,18,22)/t14-,15+/m1/s1. The van der Waals surface area contributed by atoms with Crippen LogP contribution >= 0.6 is 0 Å². The molecular weight excluding hydrogens is 278 g/mol. The van der Waals surface area contributed by atoms with Crippen LogP contribution < -0.4 is 5.32 Å². The van der Waals surface area contributed by atoms with Gasteiger partial charge in [-0.05, 0) is 26.2 Å². The second-order valence-electron chi connectivity index (χ2n) is 6.66. The van der Waals surface area contributed by atoms with E-state index >= 15 is 0 Å². The Kier molecular flexibility index (Phi) is 6.52. The van der Waals surface area contributed by atoms with Gasteiger partial charge in [-0.25, -0.2) is 4.79 Å². The van der Waals surface area contributed by atoms with Crippen LogP contribution in [0, 0.1) is 0 Å².